The standard InChI is InChI=1S/C22H25F3N4O/c1-13(2)18-10-17(22(23,24)25)19-20(28-30-21(19)27-18)15-7-5-9-29(11-15)12-16-8-4-6-14(3)26-16/h4,6,8,10,13,15H,5,7,9,11-12H2,1-3H3. The molecule has 4 heterocycles. The molecule has 4 rings (SSSR count). The van der Waals surface area contributed by atoms with E-state index in [1.807, 2.05) is 39.0 Å². The van der Waals surface area contributed by atoms with Gasteiger partial charge in [0.1, 0.15) is 0 Å². The van der Waals surface area contributed by atoms with Gasteiger partial charge in [-0.3, -0.25) is 9.88 Å². The highest BCUT2D eigenvalue weighted by Crippen LogP contribution is 2.40. The maximum atomic E-state index is 13.9. The third-order valence-electron chi connectivity index (χ3n) is 5.61. The summed E-state index contributed by atoms with van der Waals surface area (Å²) in [5.74, 6) is -0.284. The molecule has 0 spiro atoms. The van der Waals surface area contributed by atoms with Gasteiger partial charge in [-0.2, -0.15) is 13.2 Å². The molecule has 30 heavy (non-hydrogen) atoms. The second-order valence-corrected chi connectivity index (χ2v) is 8.34. The Bertz CT molecular complexity index is 1040. The fourth-order valence-electron chi connectivity index (χ4n) is 4.13. The zero-order chi connectivity index (χ0) is 21.5. The molecule has 0 bridgehead atoms. The summed E-state index contributed by atoms with van der Waals surface area (Å²) < 4.78 is 46.9. The molecular weight excluding hydrogens is 393 g/mol. The van der Waals surface area contributed by atoms with Gasteiger partial charge >= 0.3 is 6.18 Å². The normalized spacial score (nSPS) is 18.4. The second-order valence-electron chi connectivity index (χ2n) is 8.34. The van der Waals surface area contributed by atoms with Gasteiger partial charge in [-0.25, -0.2) is 4.98 Å². The van der Waals surface area contributed by atoms with Gasteiger partial charge < -0.3 is 4.52 Å². The van der Waals surface area contributed by atoms with Crippen molar-refractivity contribution in [2.75, 3.05) is 13.1 Å². The van der Waals surface area contributed by atoms with Gasteiger partial charge in [0, 0.05) is 30.4 Å². The summed E-state index contributed by atoms with van der Waals surface area (Å²) >= 11 is 0. The number of aryl methyl sites for hydroxylation is 1. The topological polar surface area (TPSA) is 55.1 Å². The average Bonchev–Trinajstić information content (AvgIpc) is 3.10. The predicted octanol–water partition coefficient (Wildman–Crippen LogP) is 5.45. The van der Waals surface area contributed by atoms with Crippen LogP contribution in [0.1, 0.15) is 66.9 Å². The highest BCUT2D eigenvalue weighted by molar-refractivity contribution is 5.81. The summed E-state index contributed by atoms with van der Waals surface area (Å²) in [5.41, 5.74) is 1.89. The number of nitrogens with zero attached hydrogens (tertiary/aromatic N) is 4. The van der Waals surface area contributed by atoms with E-state index in [0.717, 1.165) is 36.8 Å². The molecule has 1 aliphatic rings. The largest absolute Gasteiger partial charge is 0.417 e. The highest BCUT2D eigenvalue weighted by Gasteiger charge is 2.38. The van der Waals surface area contributed by atoms with Crippen LogP contribution in [0.5, 0.6) is 0 Å². The molecule has 0 radical (unpaired) electrons. The van der Waals surface area contributed by atoms with Crippen molar-refractivity contribution in [1.82, 2.24) is 20.0 Å². The molecule has 1 unspecified atom stereocenters. The lowest BCUT2D eigenvalue weighted by molar-refractivity contribution is -0.136. The van der Waals surface area contributed by atoms with Crippen LogP contribution in [0.15, 0.2) is 28.8 Å². The molecule has 1 saturated heterocycles. The number of alkyl halides is 3. The minimum atomic E-state index is -4.50. The van der Waals surface area contributed by atoms with Crippen molar-refractivity contribution in [3.8, 4) is 0 Å². The van der Waals surface area contributed by atoms with Crippen LogP contribution in [-0.2, 0) is 12.7 Å². The summed E-state index contributed by atoms with van der Waals surface area (Å²) in [4.78, 5) is 11.1. The third-order valence-corrected chi connectivity index (χ3v) is 5.61. The molecule has 8 heteroatoms. The fourth-order valence-corrected chi connectivity index (χ4v) is 4.13. The number of rotatable bonds is 4. The Labute approximate surface area is 173 Å². The monoisotopic (exact) mass is 418 g/mol. The van der Waals surface area contributed by atoms with Gasteiger partial charge in [0.15, 0.2) is 0 Å². The molecule has 0 aliphatic carbocycles. The van der Waals surface area contributed by atoms with E-state index in [2.05, 4.69) is 20.0 Å². The molecule has 0 N–H and O–H groups in total. The molecule has 3 aromatic rings. The first kappa shape index (κ1) is 20.8. The van der Waals surface area contributed by atoms with Crippen molar-refractivity contribution >= 4 is 11.1 Å². The van der Waals surface area contributed by atoms with Crippen LogP contribution in [0.2, 0.25) is 0 Å². The number of pyridine rings is 2. The minimum Gasteiger partial charge on any atom is -0.336 e. The first-order valence-corrected chi connectivity index (χ1v) is 10.2. The first-order chi connectivity index (χ1) is 14.2. The summed E-state index contributed by atoms with van der Waals surface area (Å²) in [7, 11) is 0. The van der Waals surface area contributed by atoms with E-state index in [9.17, 15) is 13.2 Å². The van der Waals surface area contributed by atoms with Crippen molar-refractivity contribution in [3.05, 3.63) is 52.6 Å². The first-order valence-electron chi connectivity index (χ1n) is 10.2. The van der Waals surface area contributed by atoms with Gasteiger partial charge in [-0.1, -0.05) is 25.1 Å². The van der Waals surface area contributed by atoms with Crippen LogP contribution in [0.4, 0.5) is 13.2 Å². The van der Waals surface area contributed by atoms with E-state index in [0.29, 0.717) is 24.5 Å². The van der Waals surface area contributed by atoms with E-state index < -0.39 is 11.7 Å². The summed E-state index contributed by atoms with van der Waals surface area (Å²) in [5, 5.41) is 4.08. The van der Waals surface area contributed by atoms with Crippen LogP contribution in [0, 0.1) is 6.92 Å². The van der Waals surface area contributed by atoms with E-state index >= 15 is 0 Å². The van der Waals surface area contributed by atoms with Gasteiger partial charge in [0.05, 0.1) is 22.3 Å². The van der Waals surface area contributed by atoms with Crippen LogP contribution in [0.25, 0.3) is 11.1 Å². The second kappa shape index (κ2) is 7.98. The molecule has 1 atom stereocenters. The Morgan fingerprint density at radius 3 is 2.73 bits per heavy atom. The van der Waals surface area contributed by atoms with E-state index in [-0.39, 0.29) is 22.9 Å². The number of halogens is 3. The number of likely N-dealkylation sites (tertiary alicyclic amines) is 1. The molecule has 3 aromatic heterocycles. The Morgan fingerprint density at radius 2 is 2.03 bits per heavy atom. The predicted molar refractivity (Wildman–Crippen MR) is 107 cm³/mol. The van der Waals surface area contributed by atoms with Crippen molar-refractivity contribution < 1.29 is 17.7 Å². The van der Waals surface area contributed by atoms with Gasteiger partial charge in [0.2, 0.25) is 0 Å². The lowest BCUT2D eigenvalue weighted by Gasteiger charge is -2.31. The fraction of sp³-hybridized carbons (Fsp3) is 0.500. The number of aromatic nitrogens is 3. The molecule has 0 amide bonds. The summed E-state index contributed by atoms with van der Waals surface area (Å²) in [6.45, 7) is 7.72. The molecular formula is C22H25F3N4O. The SMILES string of the molecule is Cc1cccc(CN2CCCC(c3noc4nc(C(C)C)cc(C(F)(F)F)c34)C2)n1. The van der Waals surface area contributed by atoms with Crippen molar-refractivity contribution in [1.29, 1.82) is 0 Å². The average molecular weight is 418 g/mol. The van der Waals surface area contributed by atoms with Gasteiger partial charge in [-0.15, -0.1) is 0 Å². The third kappa shape index (κ3) is 4.19. The molecule has 0 saturated carbocycles. The molecule has 160 valence electrons. The Morgan fingerprint density at radius 1 is 1.23 bits per heavy atom. The smallest absolute Gasteiger partial charge is 0.336 e. The lowest BCUT2D eigenvalue weighted by atomic mass is 9.91. The zero-order valence-electron chi connectivity index (χ0n) is 17.3. The maximum Gasteiger partial charge on any atom is 0.417 e. The lowest BCUT2D eigenvalue weighted by Crippen LogP contribution is -2.34. The summed E-state index contributed by atoms with van der Waals surface area (Å²) in [6.07, 6.45) is -2.85. The van der Waals surface area contributed by atoms with Gasteiger partial charge in [-0.05, 0) is 50.4 Å². The zero-order valence-corrected chi connectivity index (χ0v) is 17.3. The molecule has 1 fully saturated rings. The number of piperidine rings is 1. The van der Waals surface area contributed by atoms with Crippen molar-refractivity contribution in [2.24, 2.45) is 0 Å². The molecule has 1 aliphatic heterocycles. The van der Waals surface area contributed by atoms with Crippen LogP contribution in [-0.4, -0.2) is 33.1 Å². The Kier molecular flexibility index (Phi) is 5.53. The van der Waals surface area contributed by atoms with Crippen LogP contribution >= 0.6 is 0 Å². The highest BCUT2D eigenvalue weighted by atomic mass is 19.4. The number of hydrogen-bond donors (Lipinski definition) is 0. The number of fused-ring (bicyclic) bond motifs is 1. The van der Waals surface area contributed by atoms with Crippen LogP contribution < -0.4 is 0 Å². The van der Waals surface area contributed by atoms with E-state index in [1.54, 1.807) is 0 Å². The minimum absolute atomic E-state index is 0.00688. The molecule has 0 aromatic carbocycles. The Hall–Kier alpha value is -2.48. The van der Waals surface area contributed by atoms with Gasteiger partial charge in [0.25, 0.3) is 5.71 Å². The molecule has 5 nitrogen and oxygen atoms in total. The summed E-state index contributed by atoms with van der Waals surface area (Å²) in [6, 6.07) is 7.03. The van der Waals surface area contributed by atoms with Crippen molar-refractivity contribution in [3.63, 3.8) is 0 Å². The van der Waals surface area contributed by atoms with E-state index in [1.165, 1.54) is 0 Å². The number of hydrogen-bond acceptors (Lipinski definition) is 5. The maximum absolute atomic E-state index is 13.9. The van der Waals surface area contributed by atoms with E-state index in [4.69, 9.17) is 4.52 Å². The Balaban J connectivity index is 1.67. The van der Waals surface area contributed by atoms with Crippen molar-refractivity contribution in [2.45, 2.75) is 58.2 Å². The van der Waals surface area contributed by atoms with Crippen LogP contribution in [0.3, 0.4) is 0 Å². The quantitative estimate of drug-likeness (QED) is 0.564.